The second kappa shape index (κ2) is 8.81. The van der Waals surface area contributed by atoms with Gasteiger partial charge in [-0.15, -0.1) is 0 Å². The number of nitrogens with zero attached hydrogens (tertiary/aromatic N) is 2. The SMILES string of the molecule is CCOc1ccc(C2=C(N3CC(C)CC(C)C3)C(=O)N(c3cc(C)cc(C)c3)C2=O)cc1. The molecule has 1 saturated heterocycles. The van der Waals surface area contributed by atoms with Crippen molar-refractivity contribution in [2.75, 3.05) is 24.6 Å². The van der Waals surface area contributed by atoms with Crippen molar-refractivity contribution in [3.63, 3.8) is 0 Å². The summed E-state index contributed by atoms with van der Waals surface area (Å²) in [5.74, 6) is 1.19. The monoisotopic (exact) mass is 432 g/mol. The molecule has 2 unspecified atom stereocenters. The largest absolute Gasteiger partial charge is 0.494 e. The van der Waals surface area contributed by atoms with Crippen LogP contribution in [0.4, 0.5) is 5.69 Å². The number of carbonyl (C=O) groups is 2. The van der Waals surface area contributed by atoms with Gasteiger partial charge >= 0.3 is 0 Å². The Morgan fingerprint density at radius 2 is 1.50 bits per heavy atom. The van der Waals surface area contributed by atoms with Gasteiger partial charge in [0.05, 0.1) is 17.9 Å². The van der Waals surface area contributed by atoms with Crippen LogP contribution in [0.5, 0.6) is 5.75 Å². The standard InChI is InChI=1S/C27H32N2O3/c1-6-32-23-9-7-21(8-10-23)24-25(28-15-19(4)12-20(5)16-28)27(31)29(26(24)30)22-13-17(2)11-18(3)14-22/h7-11,13-14,19-20H,6,12,15-16H2,1-5H3. The number of carbonyl (C=O) groups excluding carboxylic acids is 2. The van der Waals surface area contributed by atoms with Crippen LogP contribution in [0.15, 0.2) is 48.2 Å². The number of rotatable bonds is 5. The molecule has 0 aromatic heterocycles. The van der Waals surface area contributed by atoms with E-state index >= 15 is 0 Å². The maximum Gasteiger partial charge on any atom is 0.282 e. The van der Waals surface area contributed by atoms with E-state index in [1.807, 2.05) is 63.2 Å². The van der Waals surface area contributed by atoms with Crippen molar-refractivity contribution in [2.45, 2.75) is 41.0 Å². The van der Waals surface area contributed by atoms with E-state index in [0.29, 0.717) is 35.4 Å². The molecule has 4 rings (SSSR count). The molecule has 0 bridgehead atoms. The van der Waals surface area contributed by atoms with Crippen molar-refractivity contribution in [1.82, 2.24) is 4.90 Å². The lowest BCUT2D eigenvalue weighted by atomic mass is 9.91. The highest BCUT2D eigenvalue weighted by molar-refractivity contribution is 6.45. The molecular weight excluding hydrogens is 400 g/mol. The number of ether oxygens (including phenoxy) is 1. The van der Waals surface area contributed by atoms with Crippen molar-refractivity contribution in [1.29, 1.82) is 0 Å². The van der Waals surface area contributed by atoms with Crippen LogP contribution in [0.3, 0.4) is 0 Å². The van der Waals surface area contributed by atoms with Crippen molar-refractivity contribution >= 4 is 23.1 Å². The first-order valence-corrected chi connectivity index (χ1v) is 11.5. The molecule has 0 spiro atoms. The molecule has 2 atom stereocenters. The van der Waals surface area contributed by atoms with E-state index in [4.69, 9.17) is 4.74 Å². The summed E-state index contributed by atoms with van der Waals surface area (Å²) in [7, 11) is 0. The van der Waals surface area contributed by atoms with E-state index in [2.05, 4.69) is 18.7 Å². The zero-order valence-electron chi connectivity index (χ0n) is 19.6. The first-order chi connectivity index (χ1) is 15.3. The van der Waals surface area contributed by atoms with E-state index in [9.17, 15) is 9.59 Å². The average Bonchev–Trinajstić information content (AvgIpc) is 2.97. The van der Waals surface area contributed by atoms with Gasteiger partial charge in [0.1, 0.15) is 11.4 Å². The highest BCUT2D eigenvalue weighted by atomic mass is 16.5. The molecule has 2 aromatic rings. The zero-order valence-corrected chi connectivity index (χ0v) is 19.6. The molecule has 0 radical (unpaired) electrons. The second-order valence-electron chi connectivity index (χ2n) is 9.32. The van der Waals surface area contributed by atoms with E-state index in [1.165, 1.54) is 4.90 Å². The van der Waals surface area contributed by atoms with Crippen LogP contribution in [0.2, 0.25) is 0 Å². The molecule has 168 valence electrons. The fourth-order valence-electron chi connectivity index (χ4n) is 5.12. The Morgan fingerprint density at radius 3 is 2.06 bits per heavy atom. The predicted octanol–water partition coefficient (Wildman–Crippen LogP) is 4.96. The fraction of sp³-hybridized carbons (Fsp3) is 0.407. The molecular formula is C27H32N2O3. The normalized spacial score (nSPS) is 21.5. The van der Waals surface area contributed by atoms with Gasteiger partial charge in [-0.2, -0.15) is 0 Å². The highest BCUT2D eigenvalue weighted by Gasteiger charge is 2.43. The third kappa shape index (κ3) is 4.16. The molecule has 5 heteroatoms. The molecule has 2 aromatic carbocycles. The summed E-state index contributed by atoms with van der Waals surface area (Å²) in [6, 6.07) is 13.3. The molecule has 0 aliphatic carbocycles. The number of likely N-dealkylation sites (tertiary alicyclic amines) is 1. The van der Waals surface area contributed by atoms with Crippen molar-refractivity contribution < 1.29 is 14.3 Å². The van der Waals surface area contributed by atoms with E-state index in [-0.39, 0.29) is 11.8 Å². The fourth-order valence-corrected chi connectivity index (χ4v) is 5.12. The molecule has 5 nitrogen and oxygen atoms in total. The minimum absolute atomic E-state index is 0.231. The number of benzene rings is 2. The summed E-state index contributed by atoms with van der Waals surface area (Å²) in [6.45, 7) is 12.5. The van der Waals surface area contributed by atoms with Crippen LogP contribution in [-0.2, 0) is 9.59 Å². The zero-order chi connectivity index (χ0) is 23.0. The number of hydrogen-bond donors (Lipinski definition) is 0. The van der Waals surface area contributed by atoms with Gasteiger partial charge in [-0.1, -0.05) is 32.0 Å². The number of aryl methyl sites for hydroxylation is 2. The maximum atomic E-state index is 13.8. The Bertz CT molecular complexity index is 1040. The number of amides is 2. The van der Waals surface area contributed by atoms with Gasteiger partial charge in [0.2, 0.25) is 0 Å². The van der Waals surface area contributed by atoms with E-state index in [1.54, 1.807) is 0 Å². The van der Waals surface area contributed by atoms with Gasteiger partial charge in [0, 0.05) is 13.1 Å². The Kier molecular flexibility index (Phi) is 6.09. The lowest BCUT2D eigenvalue weighted by molar-refractivity contribution is -0.120. The summed E-state index contributed by atoms with van der Waals surface area (Å²) >= 11 is 0. The molecule has 2 heterocycles. The molecule has 2 amide bonds. The van der Waals surface area contributed by atoms with Crippen LogP contribution in [0.1, 0.15) is 43.9 Å². The third-order valence-corrected chi connectivity index (χ3v) is 6.16. The van der Waals surface area contributed by atoms with Crippen LogP contribution in [0.25, 0.3) is 5.57 Å². The summed E-state index contributed by atoms with van der Waals surface area (Å²) in [5, 5.41) is 0. The minimum atomic E-state index is -0.259. The predicted molar refractivity (Wildman–Crippen MR) is 127 cm³/mol. The Morgan fingerprint density at radius 1 is 0.906 bits per heavy atom. The summed E-state index contributed by atoms with van der Waals surface area (Å²) in [5.41, 5.74) is 4.44. The lowest BCUT2D eigenvalue weighted by Crippen LogP contribution is -2.42. The summed E-state index contributed by atoms with van der Waals surface area (Å²) in [6.07, 6.45) is 1.13. The maximum absolute atomic E-state index is 13.8. The number of anilines is 1. The first kappa shape index (κ1) is 22.1. The number of hydrogen-bond acceptors (Lipinski definition) is 4. The second-order valence-corrected chi connectivity index (χ2v) is 9.32. The smallest absolute Gasteiger partial charge is 0.282 e. The van der Waals surface area contributed by atoms with Crippen LogP contribution < -0.4 is 9.64 Å². The average molecular weight is 433 g/mol. The van der Waals surface area contributed by atoms with Gasteiger partial charge in [-0.25, -0.2) is 4.90 Å². The quantitative estimate of drug-likeness (QED) is 0.627. The van der Waals surface area contributed by atoms with Crippen molar-refractivity contribution in [2.24, 2.45) is 11.8 Å². The summed E-state index contributed by atoms with van der Waals surface area (Å²) in [4.78, 5) is 31.0. The van der Waals surface area contributed by atoms with E-state index < -0.39 is 0 Å². The first-order valence-electron chi connectivity index (χ1n) is 11.5. The van der Waals surface area contributed by atoms with Crippen LogP contribution >= 0.6 is 0 Å². The molecule has 0 saturated carbocycles. The topological polar surface area (TPSA) is 49.9 Å². The minimum Gasteiger partial charge on any atom is -0.494 e. The van der Waals surface area contributed by atoms with E-state index in [0.717, 1.165) is 42.0 Å². The van der Waals surface area contributed by atoms with Gasteiger partial charge in [-0.05, 0) is 80.0 Å². The molecule has 1 fully saturated rings. The number of piperidine rings is 1. The van der Waals surface area contributed by atoms with Gasteiger partial charge in [-0.3, -0.25) is 9.59 Å². The molecule has 0 N–H and O–H groups in total. The van der Waals surface area contributed by atoms with Gasteiger partial charge in [0.15, 0.2) is 0 Å². The van der Waals surface area contributed by atoms with Crippen molar-refractivity contribution in [3.8, 4) is 5.75 Å². The Balaban J connectivity index is 1.82. The van der Waals surface area contributed by atoms with Gasteiger partial charge < -0.3 is 9.64 Å². The summed E-state index contributed by atoms with van der Waals surface area (Å²) < 4.78 is 5.57. The Labute approximate surface area is 190 Å². The van der Waals surface area contributed by atoms with Gasteiger partial charge in [0.25, 0.3) is 11.8 Å². The highest BCUT2D eigenvalue weighted by Crippen LogP contribution is 2.38. The van der Waals surface area contributed by atoms with Crippen LogP contribution in [0, 0.1) is 25.7 Å². The van der Waals surface area contributed by atoms with Crippen LogP contribution in [-0.4, -0.2) is 36.4 Å². The molecule has 32 heavy (non-hydrogen) atoms. The Hall–Kier alpha value is -3.08. The molecule has 2 aliphatic heterocycles. The third-order valence-electron chi connectivity index (χ3n) is 6.16. The molecule has 2 aliphatic rings. The van der Waals surface area contributed by atoms with Crippen molar-refractivity contribution in [3.05, 3.63) is 64.9 Å². The lowest BCUT2D eigenvalue weighted by Gasteiger charge is -2.37. The number of imide groups is 1.